The summed E-state index contributed by atoms with van der Waals surface area (Å²) in [6.45, 7) is 4.88. The Balaban J connectivity index is 2.14. The van der Waals surface area contributed by atoms with Crippen LogP contribution < -0.4 is 10.1 Å². The van der Waals surface area contributed by atoms with Gasteiger partial charge in [0.05, 0.1) is 23.8 Å². The molecule has 0 aliphatic rings. The Labute approximate surface area is 178 Å². The van der Waals surface area contributed by atoms with Crippen molar-refractivity contribution in [1.29, 1.82) is 0 Å². The summed E-state index contributed by atoms with van der Waals surface area (Å²) in [5.41, 5.74) is -1.32. The molecule has 170 valence electrons. The molecule has 0 saturated heterocycles. The molecule has 0 spiro atoms. The second-order valence-electron chi connectivity index (χ2n) is 7.48. The normalized spacial score (nSPS) is 11.9. The Hall–Kier alpha value is -3.70. The van der Waals surface area contributed by atoms with Gasteiger partial charge in [0, 0.05) is 17.7 Å². The maximum atomic E-state index is 14.3. The maximum absolute atomic E-state index is 14.3. The summed E-state index contributed by atoms with van der Waals surface area (Å²) < 4.78 is 76.6. The molecule has 1 aromatic carbocycles. The third kappa shape index (κ3) is 5.71. The fourth-order valence-electron chi connectivity index (χ4n) is 2.69. The zero-order valence-corrected chi connectivity index (χ0v) is 17.0. The highest BCUT2D eigenvalue weighted by Crippen LogP contribution is 2.38. The van der Waals surface area contributed by atoms with Gasteiger partial charge in [0.15, 0.2) is 17.4 Å². The van der Waals surface area contributed by atoms with E-state index in [1.807, 2.05) is 0 Å². The van der Waals surface area contributed by atoms with E-state index in [0.717, 1.165) is 41.2 Å². The summed E-state index contributed by atoms with van der Waals surface area (Å²) >= 11 is 0. The van der Waals surface area contributed by atoms with E-state index in [1.54, 1.807) is 20.8 Å². The van der Waals surface area contributed by atoms with Gasteiger partial charge in [0.1, 0.15) is 11.4 Å². The first-order valence-electron chi connectivity index (χ1n) is 9.08. The van der Waals surface area contributed by atoms with Gasteiger partial charge in [-0.15, -0.1) is 18.3 Å². The number of benzene rings is 1. The SMILES string of the molecule is CC(C)(C)OC(=O)Nc1cc(-c2cccc(F)c2OC(F)(F)F)n(-c2cncc(F)c2)n1. The van der Waals surface area contributed by atoms with Crippen LogP contribution in [-0.4, -0.2) is 32.8 Å². The Bertz CT molecular complexity index is 1140. The Morgan fingerprint density at radius 2 is 1.81 bits per heavy atom. The number of para-hydroxylation sites is 1. The molecule has 32 heavy (non-hydrogen) atoms. The lowest BCUT2D eigenvalue weighted by molar-refractivity contribution is -0.275. The standard InChI is InChI=1S/C20H17F5N4O3/c1-19(2,3)32-18(30)27-16-8-15(29(28-16)12-7-11(21)9-26-10-12)13-5-4-6-14(22)17(13)31-20(23,24)25/h4-10H,1-3H3,(H,27,28,30). The van der Waals surface area contributed by atoms with Crippen LogP contribution in [0.15, 0.2) is 42.7 Å². The molecule has 0 aliphatic heterocycles. The van der Waals surface area contributed by atoms with Crippen LogP contribution in [0.3, 0.4) is 0 Å². The van der Waals surface area contributed by atoms with Gasteiger partial charge in [-0.05, 0) is 32.9 Å². The van der Waals surface area contributed by atoms with Crippen molar-refractivity contribution in [2.75, 3.05) is 5.32 Å². The quantitative estimate of drug-likeness (QED) is 0.528. The Morgan fingerprint density at radius 1 is 1.09 bits per heavy atom. The van der Waals surface area contributed by atoms with Crippen LogP contribution in [0, 0.1) is 11.6 Å². The predicted octanol–water partition coefficient (Wildman–Crippen LogP) is 5.46. The minimum atomic E-state index is -5.18. The van der Waals surface area contributed by atoms with Crippen LogP contribution >= 0.6 is 0 Å². The third-order valence-electron chi connectivity index (χ3n) is 3.73. The van der Waals surface area contributed by atoms with E-state index in [4.69, 9.17) is 4.74 Å². The number of pyridine rings is 1. The molecular weight excluding hydrogens is 439 g/mol. The maximum Gasteiger partial charge on any atom is 0.573 e. The first-order chi connectivity index (χ1) is 14.8. The van der Waals surface area contributed by atoms with E-state index >= 15 is 0 Å². The minimum absolute atomic E-state index is 0.000501. The lowest BCUT2D eigenvalue weighted by Crippen LogP contribution is -2.27. The third-order valence-corrected chi connectivity index (χ3v) is 3.73. The van der Waals surface area contributed by atoms with E-state index in [9.17, 15) is 26.7 Å². The highest BCUT2D eigenvalue weighted by molar-refractivity contribution is 5.85. The van der Waals surface area contributed by atoms with Crippen molar-refractivity contribution in [3.63, 3.8) is 0 Å². The molecule has 0 fully saturated rings. The van der Waals surface area contributed by atoms with Crippen molar-refractivity contribution in [3.05, 3.63) is 54.4 Å². The number of alkyl halides is 3. The monoisotopic (exact) mass is 456 g/mol. The van der Waals surface area contributed by atoms with Crippen LogP contribution in [0.4, 0.5) is 32.6 Å². The average Bonchev–Trinajstić information content (AvgIpc) is 3.04. The molecule has 0 aliphatic carbocycles. The van der Waals surface area contributed by atoms with Gasteiger partial charge in [-0.2, -0.15) is 0 Å². The van der Waals surface area contributed by atoms with Crippen LogP contribution in [0.5, 0.6) is 5.75 Å². The summed E-state index contributed by atoms with van der Waals surface area (Å²) in [6, 6.07) is 5.27. The number of hydrogen-bond acceptors (Lipinski definition) is 5. The molecule has 0 atom stereocenters. The van der Waals surface area contributed by atoms with Gasteiger partial charge >= 0.3 is 12.5 Å². The van der Waals surface area contributed by atoms with Crippen molar-refractivity contribution in [1.82, 2.24) is 14.8 Å². The second-order valence-corrected chi connectivity index (χ2v) is 7.48. The number of carbonyl (C=O) groups excluding carboxylic acids is 1. The number of aromatic nitrogens is 3. The highest BCUT2D eigenvalue weighted by atomic mass is 19.4. The number of amides is 1. The first kappa shape index (κ1) is 23.0. The van der Waals surface area contributed by atoms with Gasteiger partial charge in [0.2, 0.25) is 0 Å². The number of anilines is 1. The summed E-state index contributed by atoms with van der Waals surface area (Å²) in [7, 11) is 0. The van der Waals surface area contributed by atoms with Crippen molar-refractivity contribution in [2.24, 2.45) is 0 Å². The topological polar surface area (TPSA) is 78.3 Å². The van der Waals surface area contributed by atoms with Crippen LogP contribution in [0.25, 0.3) is 16.9 Å². The number of ether oxygens (including phenoxy) is 2. The Kier molecular flexibility index (Phi) is 6.06. The van der Waals surface area contributed by atoms with Gasteiger partial charge in [-0.1, -0.05) is 6.07 Å². The fraction of sp³-hybridized carbons (Fsp3) is 0.250. The molecule has 3 rings (SSSR count). The molecule has 1 N–H and O–H groups in total. The van der Waals surface area contributed by atoms with E-state index in [-0.39, 0.29) is 22.8 Å². The van der Waals surface area contributed by atoms with Gasteiger partial charge in [-0.25, -0.2) is 18.3 Å². The number of halogens is 5. The van der Waals surface area contributed by atoms with E-state index in [2.05, 4.69) is 20.1 Å². The largest absolute Gasteiger partial charge is 0.573 e. The molecule has 7 nitrogen and oxygen atoms in total. The number of nitrogens with one attached hydrogen (secondary N) is 1. The molecule has 0 radical (unpaired) electrons. The summed E-state index contributed by atoms with van der Waals surface area (Å²) in [4.78, 5) is 15.8. The smallest absolute Gasteiger partial charge is 0.444 e. The van der Waals surface area contributed by atoms with Crippen LogP contribution in [0.2, 0.25) is 0 Å². The molecule has 0 saturated carbocycles. The fourth-order valence-corrected chi connectivity index (χ4v) is 2.69. The predicted molar refractivity (Wildman–Crippen MR) is 103 cm³/mol. The Morgan fingerprint density at radius 3 is 2.44 bits per heavy atom. The number of nitrogens with zero attached hydrogens (tertiary/aromatic N) is 3. The summed E-state index contributed by atoms with van der Waals surface area (Å²) in [6.07, 6.45) is -3.98. The molecule has 12 heteroatoms. The second kappa shape index (κ2) is 8.44. The van der Waals surface area contributed by atoms with Crippen LogP contribution in [-0.2, 0) is 4.74 Å². The average molecular weight is 456 g/mol. The number of hydrogen-bond donors (Lipinski definition) is 1. The van der Waals surface area contributed by atoms with Crippen molar-refractivity contribution in [2.45, 2.75) is 32.7 Å². The van der Waals surface area contributed by atoms with Crippen molar-refractivity contribution in [3.8, 4) is 22.7 Å². The zero-order valence-electron chi connectivity index (χ0n) is 17.0. The molecule has 2 aromatic heterocycles. The van der Waals surface area contributed by atoms with E-state index in [0.29, 0.717) is 0 Å². The van der Waals surface area contributed by atoms with Gasteiger partial charge in [-0.3, -0.25) is 10.3 Å². The van der Waals surface area contributed by atoms with Crippen molar-refractivity contribution >= 4 is 11.9 Å². The molecule has 0 unspecified atom stereocenters. The lowest BCUT2D eigenvalue weighted by Gasteiger charge is -2.19. The molecule has 1 amide bonds. The van der Waals surface area contributed by atoms with E-state index < -0.39 is 35.4 Å². The van der Waals surface area contributed by atoms with Gasteiger partial charge in [0.25, 0.3) is 0 Å². The van der Waals surface area contributed by atoms with Crippen LogP contribution in [0.1, 0.15) is 20.8 Å². The number of rotatable bonds is 4. The highest BCUT2D eigenvalue weighted by Gasteiger charge is 2.34. The van der Waals surface area contributed by atoms with E-state index in [1.165, 1.54) is 6.20 Å². The summed E-state index contributed by atoms with van der Waals surface area (Å²) in [5.74, 6) is -3.31. The first-order valence-corrected chi connectivity index (χ1v) is 9.08. The molecule has 3 aromatic rings. The molecule has 0 bridgehead atoms. The minimum Gasteiger partial charge on any atom is -0.444 e. The number of carbonyl (C=O) groups is 1. The van der Waals surface area contributed by atoms with Gasteiger partial charge < -0.3 is 9.47 Å². The summed E-state index contributed by atoms with van der Waals surface area (Å²) in [5, 5.41) is 6.41. The van der Waals surface area contributed by atoms with Crippen molar-refractivity contribution < 1.29 is 36.2 Å². The molecular formula is C20H17F5N4O3. The lowest BCUT2D eigenvalue weighted by atomic mass is 10.1. The molecule has 2 heterocycles. The zero-order chi connectivity index (χ0) is 23.7.